The summed E-state index contributed by atoms with van der Waals surface area (Å²) in [5, 5.41) is 9.56. The number of hydrogen-bond acceptors (Lipinski definition) is 5. The van der Waals surface area contributed by atoms with Crippen LogP contribution in [0.4, 0.5) is 0 Å². The maximum Gasteiger partial charge on any atom is 0.324 e. The standard InChI is InChI=1S/C20H30O5/c1-18(2,3)24-16(22)20(12-13-21,17(23)25-19(4,5)6)14-15-10-8-7-9-11-15/h7-11,21H,12-14H2,1-6H3. The highest BCUT2D eigenvalue weighted by molar-refractivity contribution is 6.00. The molecule has 1 rings (SSSR count). The van der Waals surface area contributed by atoms with Crippen molar-refractivity contribution < 1.29 is 24.2 Å². The maximum absolute atomic E-state index is 13.0. The number of aliphatic hydroxyl groups excluding tert-OH is 1. The molecular weight excluding hydrogens is 320 g/mol. The van der Waals surface area contributed by atoms with Gasteiger partial charge in [-0.1, -0.05) is 30.3 Å². The highest BCUT2D eigenvalue weighted by Crippen LogP contribution is 2.34. The number of aliphatic hydroxyl groups is 1. The molecule has 0 spiro atoms. The Hall–Kier alpha value is -1.88. The maximum atomic E-state index is 13.0. The van der Waals surface area contributed by atoms with Crippen molar-refractivity contribution in [3.63, 3.8) is 0 Å². The minimum Gasteiger partial charge on any atom is -0.459 e. The molecule has 0 atom stereocenters. The van der Waals surface area contributed by atoms with E-state index in [0.717, 1.165) is 5.56 Å². The van der Waals surface area contributed by atoms with Gasteiger partial charge in [-0.3, -0.25) is 9.59 Å². The van der Waals surface area contributed by atoms with E-state index in [9.17, 15) is 14.7 Å². The third-order valence-corrected chi connectivity index (χ3v) is 3.47. The van der Waals surface area contributed by atoms with Crippen LogP contribution in [0.15, 0.2) is 30.3 Å². The molecule has 1 aromatic carbocycles. The van der Waals surface area contributed by atoms with Gasteiger partial charge in [0.05, 0.1) is 0 Å². The van der Waals surface area contributed by atoms with Gasteiger partial charge in [0.15, 0.2) is 5.41 Å². The van der Waals surface area contributed by atoms with Crippen LogP contribution in [0.25, 0.3) is 0 Å². The zero-order chi connectivity index (χ0) is 19.3. The van der Waals surface area contributed by atoms with Gasteiger partial charge in [-0.15, -0.1) is 0 Å². The molecule has 5 heteroatoms. The van der Waals surface area contributed by atoms with Crippen LogP contribution < -0.4 is 0 Å². The molecule has 0 heterocycles. The van der Waals surface area contributed by atoms with Gasteiger partial charge in [0.1, 0.15) is 11.2 Å². The Morgan fingerprint density at radius 2 is 1.32 bits per heavy atom. The summed E-state index contributed by atoms with van der Waals surface area (Å²) in [6.45, 7) is 10.1. The average molecular weight is 350 g/mol. The van der Waals surface area contributed by atoms with E-state index in [-0.39, 0.29) is 19.4 Å². The molecule has 0 fully saturated rings. The molecule has 25 heavy (non-hydrogen) atoms. The molecule has 140 valence electrons. The SMILES string of the molecule is CC(C)(C)OC(=O)C(CCO)(Cc1ccccc1)C(=O)OC(C)(C)C. The lowest BCUT2D eigenvalue weighted by atomic mass is 9.78. The monoisotopic (exact) mass is 350 g/mol. The molecule has 5 nitrogen and oxygen atoms in total. The zero-order valence-electron chi connectivity index (χ0n) is 16.1. The number of ether oxygens (including phenoxy) is 2. The molecular formula is C20H30O5. The second kappa shape index (κ2) is 8.00. The number of esters is 2. The van der Waals surface area contributed by atoms with Crippen LogP contribution in [-0.4, -0.2) is 34.9 Å². The Kier molecular flexibility index (Phi) is 6.77. The number of rotatable bonds is 6. The Labute approximate surface area is 150 Å². The van der Waals surface area contributed by atoms with Gasteiger partial charge >= 0.3 is 11.9 Å². The van der Waals surface area contributed by atoms with Crippen molar-refractivity contribution in [3.8, 4) is 0 Å². The fraction of sp³-hybridized carbons (Fsp3) is 0.600. The first kappa shape index (κ1) is 21.2. The van der Waals surface area contributed by atoms with Crippen molar-refractivity contribution in [2.45, 2.75) is 65.6 Å². The van der Waals surface area contributed by atoms with Crippen LogP contribution in [0.5, 0.6) is 0 Å². The van der Waals surface area contributed by atoms with E-state index in [0.29, 0.717) is 0 Å². The van der Waals surface area contributed by atoms with Gasteiger partial charge in [0.2, 0.25) is 0 Å². The second-order valence-electron chi connectivity index (χ2n) is 8.22. The van der Waals surface area contributed by atoms with Crippen molar-refractivity contribution in [2.24, 2.45) is 5.41 Å². The van der Waals surface area contributed by atoms with E-state index in [4.69, 9.17) is 9.47 Å². The molecule has 0 unspecified atom stereocenters. The lowest BCUT2D eigenvalue weighted by Crippen LogP contribution is -2.48. The molecule has 0 aliphatic rings. The lowest BCUT2D eigenvalue weighted by Gasteiger charge is -2.34. The fourth-order valence-electron chi connectivity index (χ4n) is 2.41. The van der Waals surface area contributed by atoms with E-state index in [1.807, 2.05) is 30.3 Å². The largest absolute Gasteiger partial charge is 0.459 e. The molecule has 0 aliphatic carbocycles. The summed E-state index contributed by atoms with van der Waals surface area (Å²) in [6, 6.07) is 9.20. The Morgan fingerprint density at radius 1 is 0.880 bits per heavy atom. The Bertz CT molecular complexity index is 550. The van der Waals surface area contributed by atoms with Crippen LogP contribution in [0.2, 0.25) is 0 Å². The highest BCUT2D eigenvalue weighted by atomic mass is 16.6. The van der Waals surface area contributed by atoms with E-state index < -0.39 is 28.6 Å². The van der Waals surface area contributed by atoms with Crippen molar-refractivity contribution in [2.75, 3.05) is 6.61 Å². The molecule has 0 bridgehead atoms. The molecule has 0 saturated carbocycles. The van der Waals surface area contributed by atoms with Crippen LogP contribution in [0, 0.1) is 5.41 Å². The summed E-state index contributed by atoms with van der Waals surface area (Å²) < 4.78 is 11.0. The molecule has 0 aliphatic heterocycles. The second-order valence-corrected chi connectivity index (χ2v) is 8.22. The molecule has 0 radical (unpaired) electrons. The van der Waals surface area contributed by atoms with Crippen LogP contribution in [0.1, 0.15) is 53.5 Å². The van der Waals surface area contributed by atoms with Gasteiger partial charge in [-0.2, -0.15) is 0 Å². The first-order valence-electron chi connectivity index (χ1n) is 8.51. The first-order valence-corrected chi connectivity index (χ1v) is 8.51. The summed E-state index contributed by atoms with van der Waals surface area (Å²) in [5.41, 5.74) is -2.29. The predicted molar refractivity (Wildman–Crippen MR) is 96.0 cm³/mol. The summed E-state index contributed by atoms with van der Waals surface area (Å²) in [4.78, 5) is 25.9. The molecule has 0 aromatic heterocycles. The average Bonchev–Trinajstić information content (AvgIpc) is 2.44. The number of hydrogen-bond donors (Lipinski definition) is 1. The number of benzene rings is 1. The minimum atomic E-state index is -1.59. The smallest absolute Gasteiger partial charge is 0.324 e. The minimum absolute atomic E-state index is 0.0638. The number of carbonyl (C=O) groups is 2. The molecule has 0 amide bonds. The topological polar surface area (TPSA) is 72.8 Å². The van der Waals surface area contributed by atoms with Crippen LogP contribution >= 0.6 is 0 Å². The Balaban J connectivity index is 3.32. The van der Waals surface area contributed by atoms with E-state index in [1.54, 1.807) is 41.5 Å². The van der Waals surface area contributed by atoms with Gasteiger partial charge < -0.3 is 14.6 Å². The van der Waals surface area contributed by atoms with Crippen molar-refractivity contribution in [1.82, 2.24) is 0 Å². The quantitative estimate of drug-likeness (QED) is 0.629. The Morgan fingerprint density at radius 3 is 1.68 bits per heavy atom. The summed E-state index contributed by atoms with van der Waals surface area (Å²) in [7, 11) is 0. The van der Waals surface area contributed by atoms with E-state index in [2.05, 4.69) is 0 Å². The first-order chi connectivity index (χ1) is 11.4. The molecule has 0 saturated heterocycles. The van der Waals surface area contributed by atoms with Crippen molar-refractivity contribution in [1.29, 1.82) is 0 Å². The van der Waals surface area contributed by atoms with Crippen LogP contribution in [-0.2, 0) is 25.5 Å². The molecule has 1 aromatic rings. The highest BCUT2D eigenvalue weighted by Gasteiger charge is 2.50. The third kappa shape index (κ3) is 6.50. The number of carbonyl (C=O) groups excluding carboxylic acids is 2. The summed E-state index contributed by atoms with van der Waals surface area (Å²) in [6.07, 6.45) is 0.0456. The normalized spacial score (nSPS) is 12.6. The zero-order valence-corrected chi connectivity index (χ0v) is 16.1. The van der Waals surface area contributed by atoms with Gasteiger partial charge in [0.25, 0.3) is 0 Å². The fourth-order valence-corrected chi connectivity index (χ4v) is 2.41. The van der Waals surface area contributed by atoms with Gasteiger partial charge in [-0.05, 0) is 59.9 Å². The predicted octanol–water partition coefficient (Wildman–Crippen LogP) is 3.28. The molecule has 1 N–H and O–H groups in total. The van der Waals surface area contributed by atoms with E-state index >= 15 is 0 Å². The van der Waals surface area contributed by atoms with Crippen molar-refractivity contribution in [3.05, 3.63) is 35.9 Å². The third-order valence-electron chi connectivity index (χ3n) is 3.47. The van der Waals surface area contributed by atoms with Gasteiger partial charge in [-0.25, -0.2) is 0 Å². The lowest BCUT2D eigenvalue weighted by molar-refractivity contribution is -0.186. The summed E-state index contributed by atoms with van der Waals surface area (Å²) in [5.74, 6) is -1.35. The van der Waals surface area contributed by atoms with E-state index in [1.165, 1.54) is 0 Å². The summed E-state index contributed by atoms with van der Waals surface area (Å²) >= 11 is 0. The van der Waals surface area contributed by atoms with Gasteiger partial charge in [0, 0.05) is 6.61 Å². The van der Waals surface area contributed by atoms with Crippen LogP contribution in [0.3, 0.4) is 0 Å². The van der Waals surface area contributed by atoms with Crippen molar-refractivity contribution >= 4 is 11.9 Å².